The molecule has 2 rings (SSSR count). The molecule has 5 nitrogen and oxygen atoms in total. The molecular weight excluding hydrogens is 280 g/mol. The molecule has 1 saturated heterocycles. The van der Waals surface area contributed by atoms with Gasteiger partial charge in [-0.2, -0.15) is 0 Å². The number of hydrogen-bond donors (Lipinski definition) is 1. The van der Waals surface area contributed by atoms with Crippen LogP contribution in [0.25, 0.3) is 0 Å². The number of nitrogens with zero attached hydrogens (tertiary/aromatic N) is 2. The summed E-state index contributed by atoms with van der Waals surface area (Å²) >= 11 is 0. The van der Waals surface area contributed by atoms with Crippen LogP contribution in [0.3, 0.4) is 0 Å². The summed E-state index contributed by atoms with van der Waals surface area (Å²) < 4.78 is 5.77. The topological polar surface area (TPSA) is 53.0 Å². The highest BCUT2D eigenvalue weighted by Crippen LogP contribution is 2.14. The van der Waals surface area contributed by atoms with Gasteiger partial charge in [0.25, 0.3) is 0 Å². The van der Waals surface area contributed by atoms with Crippen molar-refractivity contribution < 1.29 is 14.6 Å². The number of benzene rings is 1. The van der Waals surface area contributed by atoms with Gasteiger partial charge in [-0.05, 0) is 26.5 Å². The van der Waals surface area contributed by atoms with Crippen molar-refractivity contribution in [1.29, 1.82) is 0 Å². The molecule has 0 aromatic heterocycles. The SMILES string of the molecule is Cc1cc(C)cc(CN2CCOC(CN(C)CC(=O)O)C2)c1. The molecule has 0 radical (unpaired) electrons. The van der Waals surface area contributed by atoms with Crippen LogP contribution in [0.5, 0.6) is 0 Å². The number of rotatable bonds is 6. The van der Waals surface area contributed by atoms with Crippen LogP contribution < -0.4 is 0 Å². The molecule has 1 atom stereocenters. The predicted molar refractivity (Wildman–Crippen MR) is 86.1 cm³/mol. The minimum Gasteiger partial charge on any atom is -0.480 e. The highest BCUT2D eigenvalue weighted by Gasteiger charge is 2.22. The summed E-state index contributed by atoms with van der Waals surface area (Å²) in [7, 11) is 1.82. The van der Waals surface area contributed by atoms with E-state index in [0.29, 0.717) is 13.2 Å². The molecule has 1 aliphatic rings. The number of morpholine rings is 1. The lowest BCUT2D eigenvalue weighted by Crippen LogP contribution is -2.47. The van der Waals surface area contributed by atoms with Crippen LogP contribution in [-0.4, -0.2) is 66.8 Å². The number of hydrogen-bond acceptors (Lipinski definition) is 4. The van der Waals surface area contributed by atoms with E-state index >= 15 is 0 Å². The average molecular weight is 306 g/mol. The third kappa shape index (κ3) is 5.40. The summed E-state index contributed by atoms with van der Waals surface area (Å²) in [4.78, 5) is 14.9. The first-order valence-electron chi connectivity index (χ1n) is 7.74. The molecule has 1 heterocycles. The fourth-order valence-corrected chi connectivity index (χ4v) is 3.10. The zero-order chi connectivity index (χ0) is 16.1. The zero-order valence-electron chi connectivity index (χ0n) is 13.7. The first-order chi connectivity index (χ1) is 10.4. The maximum absolute atomic E-state index is 10.7. The van der Waals surface area contributed by atoms with Crippen molar-refractivity contribution in [1.82, 2.24) is 9.80 Å². The molecule has 1 aromatic carbocycles. The maximum atomic E-state index is 10.7. The molecule has 1 unspecified atom stereocenters. The van der Waals surface area contributed by atoms with Gasteiger partial charge in [-0.3, -0.25) is 14.6 Å². The van der Waals surface area contributed by atoms with Gasteiger partial charge in [0.05, 0.1) is 19.3 Å². The van der Waals surface area contributed by atoms with E-state index < -0.39 is 5.97 Å². The van der Waals surface area contributed by atoms with E-state index in [0.717, 1.165) is 19.6 Å². The van der Waals surface area contributed by atoms with Crippen molar-refractivity contribution in [2.24, 2.45) is 0 Å². The molecule has 0 spiro atoms. The van der Waals surface area contributed by atoms with Gasteiger partial charge in [-0.15, -0.1) is 0 Å². The van der Waals surface area contributed by atoms with Gasteiger partial charge in [0.15, 0.2) is 0 Å². The Morgan fingerprint density at radius 1 is 1.36 bits per heavy atom. The van der Waals surface area contributed by atoms with Gasteiger partial charge >= 0.3 is 5.97 Å². The minimum absolute atomic E-state index is 0.0525. The second kappa shape index (κ2) is 7.72. The summed E-state index contributed by atoms with van der Waals surface area (Å²) in [5.74, 6) is -0.801. The molecule has 5 heteroatoms. The molecule has 122 valence electrons. The van der Waals surface area contributed by atoms with Crippen LogP contribution >= 0.6 is 0 Å². The lowest BCUT2D eigenvalue weighted by molar-refractivity contribution is -0.138. The highest BCUT2D eigenvalue weighted by molar-refractivity contribution is 5.69. The fraction of sp³-hybridized carbons (Fsp3) is 0.588. The van der Waals surface area contributed by atoms with Gasteiger partial charge in [-0.1, -0.05) is 29.3 Å². The molecular formula is C17H26N2O3. The molecule has 1 fully saturated rings. The van der Waals surface area contributed by atoms with Gasteiger partial charge in [0, 0.05) is 26.2 Å². The van der Waals surface area contributed by atoms with Crippen LogP contribution in [0.15, 0.2) is 18.2 Å². The van der Waals surface area contributed by atoms with Crippen molar-refractivity contribution in [2.75, 3.05) is 39.8 Å². The number of carboxylic acid groups (broad SMARTS) is 1. The lowest BCUT2D eigenvalue weighted by atomic mass is 10.1. The van der Waals surface area contributed by atoms with Gasteiger partial charge in [0.1, 0.15) is 0 Å². The van der Waals surface area contributed by atoms with Gasteiger partial charge in [0.2, 0.25) is 0 Å². The van der Waals surface area contributed by atoms with E-state index in [-0.39, 0.29) is 12.6 Å². The smallest absolute Gasteiger partial charge is 0.317 e. The number of aryl methyl sites for hydroxylation is 2. The Balaban J connectivity index is 1.88. The quantitative estimate of drug-likeness (QED) is 0.863. The molecule has 22 heavy (non-hydrogen) atoms. The van der Waals surface area contributed by atoms with E-state index in [1.54, 1.807) is 4.90 Å². The molecule has 0 bridgehead atoms. The Hall–Kier alpha value is -1.43. The summed E-state index contributed by atoms with van der Waals surface area (Å²) in [6.45, 7) is 8.34. The van der Waals surface area contributed by atoms with Crippen LogP contribution in [0.4, 0.5) is 0 Å². The number of ether oxygens (including phenoxy) is 1. The predicted octanol–water partition coefficient (Wildman–Crippen LogP) is 1.52. The Morgan fingerprint density at radius 3 is 2.68 bits per heavy atom. The largest absolute Gasteiger partial charge is 0.480 e. The van der Waals surface area contributed by atoms with Crippen molar-refractivity contribution in [3.05, 3.63) is 34.9 Å². The summed E-state index contributed by atoms with van der Waals surface area (Å²) in [6, 6.07) is 6.65. The van der Waals surface area contributed by atoms with E-state index in [4.69, 9.17) is 9.84 Å². The monoisotopic (exact) mass is 306 g/mol. The molecule has 0 saturated carbocycles. The number of carbonyl (C=O) groups is 1. The molecule has 1 aromatic rings. The minimum atomic E-state index is -0.801. The highest BCUT2D eigenvalue weighted by atomic mass is 16.5. The summed E-state index contributed by atoms with van der Waals surface area (Å²) in [5, 5.41) is 8.82. The van der Waals surface area contributed by atoms with Crippen LogP contribution in [-0.2, 0) is 16.1 Å². The van der Waals surface area contributed by atoms with Gasteiger partial charge in [-0.25, -0.2) is 0 Å². The Morgan fingerprint density at radius 2 is 2.05 bits per heavy atom. The second-order valence-electron chi connectivity index (χ2n) is 6.31. The van der Waals surface area contributed by atoms with Crippen LogP contribution in [0.2, 0.25) is 0 Å². The molecule has 1 aliphatic heterocycles. The molecule has 0 aliphatic carbocycles. The first kappa shape index (κ1) is 16.9. The average Bonchev–Trinajstić information content (AvgIpc) is 2.36. The maximum Gasteiger partial charge on any atom is 0.317 e. The summed E-state index contributed by atoms with van der Waals surface area (Å²) in [6.07, 6.45) is 0.0732. The fourth-order valence-electron chi connectivity index (χ4n) is 3.10. The summed E-state index contributed by atoms with van der Waals surface area (Å²) in [5.41, 5.74) is 3.92. The Bertz CT molecular complexity index is 498. The molecule has 0 amide bonds. The number of likely N-dealkylation sites (N-methyl/N-ethyl adjacent to an activating group) is 1. The normalized spacial score (nSPS) is 19.5. The van der Waals surface area contributed by atoms with E-state index in [1.165, 1.54) is 16.7 Å². The first-order valence-corrected chi connectivity index (χ1v) is 7.74. The Labute approximate surface area is 132 Å². The van der Waals surface area contributed by atoms with Crippen LogP contribution in [0.1, 0.15) is 16.7 Å². The van der Waals surface area contributed by atoms with E-state index in [2.05, 4.69) is 36.9 Å². The van der Waals surface area contributed by atoms with E-state index in [1.807, 2.05) is 7.05 Å². The van der Waals surface area contributed by atoms with E-state index in [9.17, 15) is 4.79 Å². The Kier molecular flexibility index (Phi) is 5.94. The van der Waals surface area contributed by atoms with Crippen molar-refractivity contribution in [3.63, 3.8) is 0 Å². The van der Waals surface area contributed by atoms with Crippen LogP contribution in [0, 0.1) is 13.8 Å². The number of aliphatic carboxylic acids is 1. The van der Waals surface area contributed by atoms with Crippen molar-refractivity contribution in [2.45, 2.75) is 26.5 Å². The molecule has 1 N–H and O–H groups in total. The standard InChI is InChI=1S/C17H26N2O3/c1-13-6-14(2)8-15(7-13)9-19-4-5-22-16(11-19)10-18(3)12-17(20)21/h6-8,16H,4-5,9-12H2,1-3H3,(H,20,21). The lowest BCUT2D eigenvalue weighted by Gasteiger charge is -2.34. The third-order valence-corrected chi connectivity index (χ3v) is 3.83. The third-order valence-electron chi connectivity index (χ3n) is 3.83. The van der Waals surface area contributed by atoms with Crippen molar-refractivity contribution in [3.8, 4) is 0 Å². The zero-order valence-corrected chi connectivity index (χ0v) is 13.7. The van der Waals surface area contributed by atoms with Crippen molar-refractivity contribution >= 4 is 5.97 Å². The second-order valence-corrected chi connectivity index (χ2v) is 6.31. The number of carboxylic acids is 1. The van der Waals surface area contributed by atoms with Gasteiger partial charge < -0.3 is 9.84 Å².